The van der Waals surface area contributed by atoms with E-state index in [4.69, 9.17) is 10.9 Å². The van der Waals surface area contributed by atoms with Crippen LogP contribution in [0.4, 0.5) is 8.78 Å². The molecule has 4 N–H and O–H groups in total. The molecule has 0 fully saturated rings. The first-order valence-electron chi connectivity index (χ1n) is 5.99. The number of oxime groups is 1. The van der Waals surface area contributed by atoms with Gasteiger partial charge in [0.05, 0.1) is 0 Å². The summed E-state index contributed by atoms with van der Waals surface area (Å²) in [5.74, 6) is -1.00. The molecule has 0 unspecified atom stereocenters. The minimum Gasteiger partial charge on any atom is -0.409 e. The quantitative estimate of drug-likeness (QED) is 0.244. The molecule has 19 heavy (non-hydrogen) atoms. The Morgan fingerprint density at radius 1 is 1.42 bits per heavy atom. The third-order valence-corrected chi connectivity index (χ3v) is 3.06. The first kappa shape index (κ1) is 15.4. The van der Waals surface area contributed by atoms with E-state index in [1.165, 1.54) is 12.1 Å². The lowest BCUT2D eigenvalue weighted by Gasteiger charge is -2.22. The first-order chi connectivity index (χ1) is 8.86. The van der Waals surface area contributed by atoms with Gasteiger partial charge in [-0.3, -0.25) is 0 Å². The maximum Gasteiger partial charge on any atom is 0.144 e. The van der Waals surface area contributed by atoms with Crippen molar-refractivity contribution in [3.05, 3.63) is 35.4 Å². The van der Waals surface area contributed by atoms with Crippen LogP contribution in [0.2, 0.25) is 0 Å². The van der Waals surface area contributed by atoms with Gasteiger partial charge in [-0.1, -0.05) is 25.1 Å². The molecule has 0 heterocycles. The zero-order chi connectivity index (χ0) is 14.5. The molecule has 1 aromatic rings. The summed E-state index contributed by atoms with van der Waals surface area (Å²) in [5.41, 5.74) is 5.52. The van der Waals surface area contributed by atoms with Crippen LogP contribution in [0.1, 0.15) is 25.8 Å². The topological polar surface area (TPSA) is 70.6 Å². The summed E-state index contributed by atoms with van der Waals surface area (Å²) in [6.45, 7) is 4.57. The fourth-order valence-corrected chi connectivity index (χ4v) is 1.55. The highest BCUT2D eigenvalue weighted by molar-refractivity contribution is 5.85. The number of halogens is 2. The standard InChI is InChI=1S/C13H19F2N3O/c1-13(2,12(16)18-19)5-6-17-8-9-3-4-10(14)7-11(9)15/h3-4,7,17,19H,5-6,8H2,1-2H3,(H2,16,18). The first-order valence-corrected chi connectivity index (χ1v) is 5.99. The van der Waals surface area contributed by atoms with Gasteiger partial charge in [-0.05, 0) is 19.0 Å². The smallest absolute Gasteiger partial charge is 0.144 e. The molecular weight excluding hydrogens is 252 g/mol. The van der Waals surface area contributed by atoms with E-state index < -0.39 is 17.0 Å². The maximum absolute atomic E-state index is 13.3. The van der Waals surface area contributed by atoms with Crippen LogP contribution >= 0.6 is 0 Å². The SMILES string of the molecule is CC(C)(CCNCc1ccc(F)cc1F)C(N)=NO. The summed E-state index contributed by atoms with van der Waals surface area (Å²) in [4.78, 5) is 0. The normalized spacial score (nSPS) is 12.7. The van der Waals surface area contributed by atoms with Crippen molar-refractivity contribution in [3.8, 4) is 0 Å². The molecule has 0 aliphatic rings. The number of rotatable bonds is 6. The number of benzene rings is 1. The van der Waals surface area contributed by atoms with Gasteiger partial charge in [0.2, 0.25) is 0 Å². The Balaban J connectivity index is 2.43. The minimum absolute atomic E-state index is 0.155. The Bertz CT molecular complexity index is 461. The van der Waals surface area contributed by atoms with E-state index in [1.807, 2.05) is 13.8 Å². The van der Waals surface area contributed by atoms with E-state index in [-0.39, 0.29) is 5.84 Å². The molecule has 0 spiro atoms. The van der Waals surface area contributed by atoms with Crippen molar-refractivity contribution in [3.63, 3.8) is 0 Å². The molecule has 0 saturated carbocycles. The zero-order valence-corrected chi connectivity index (χ0v) is 11.1. The molecule has 0 bridgehead atoms. The molecule has 0 aromatic heterocycles. The highest BCUT2D eigenvalue weighted by Crippen LogP contribution is 2.19. The van der Waals surface area contributed by atoms with Gasteiger partial charge in [0.25, 0.3) is 0 Å². The number of nitrogens with two attached hydrogens (primary N) is 1. The summed E-state index contributed by atoms with van der Waals surface area (Å²) in [6, 6.07) is 3.49. The van der Waals surface area contributed by atoms with Crippen LogP contribution in [0.3, 0.4) is 0 Å². The van der Waals surface area contributed by atoms with Crippen molar-refractivity contribution in [1.29, 1.82) is 0 Å². The molecule has 0 atom stereocenters. The maximum atomic E-state index is 13.3. The summed E-state index contributed by atoms with van der Waals surface area (Å²) in [5, 5.41) is 14.7. The Labute approximate surface area is 111 Å². The van der Waals surface area contributed by atoms with Gasteiger partial charge in [-0.25, -0.2) is 8.78 Å². The van der Waals surface area contributed by atoms with Gasteiger partial charge in [0, 0.05) is 23.6 Å². The van der Waals surface area contributed by atoms with Crippen LogP contribution in [0.25, 0.3) is 0 Å². The molecule has 1 rings (SSSR count). The van der Waals surface area contributed by atoms with E-state index in [1.54, 1.807) is 0 Å². The highest BCUT2D eigenvalue weighted by Gasteiger charge is 2.22. The van der Waals surface area contributed by atoms with E-state index in [9.17, 15) is 8.78 Å². The second-order valence-electron chi connectivity index (χ2n) is 5.03. The summed E-state index contributed by atoms with van der Waals surface area (Å²) < 4.78 is 26.1. The number of nitrogens with one attached hydrogen (secondary N) is 1. The average molecular weight is 271 g/mol. The molecule has 0 saturated heterocycles. The van der Waals surface area contributed by atoms with Crippen LogP contribution in [-0.2, 0) is 6.54 Å². The van der Waals surface area contributed by atoms with Crippen molar-refractivity contribution < 1.29 is 14.0 Å². The van der Waals surface area contributed by atoms with Crippen LogP contribution < -0.4 is 11.1 Å². The molecule has 0 radical (unpaired) electrons. The van der Waals surface area contributed by atoms with Crippen LogP contribution in [0, 0.1) is 17.0 Å². The van der Waals surface area contributed by atoms with E-state index in [0.29, 0.717) is 25.1 Å². The third kappa shape index (κ3) is 4.48. The lowest BCUT2D eigenvalue weighted by atomic mass is 9.88. The zero-order valence-electron chi connectivity index (χ0n) is 11.1. The second-order valence-corrected chi connectivity index (χ2v) is 5.03. The molecule has 106 valence electrons. The fraction of sp³-hybridized carbons (Fsp3) is 0.462. The van der Waals surface area contributed by atoms with Crippen molar-refractivity contribution in [1.82, 2.24) is 5.32 Å². The Morgan fingerprint density at radius 3 is 2.68 bits per heavy atom. The Kier molecular flexibility index (Phi) is 5.23. The van der Waals surface area contributed by atoms with Crippen molar-refractivity contribution in [2.75, 3.05) is 6.54 Å². The summed E-state index contributed by atoms with van der Waals surface area (Å²) >= 11 is 0. The molecule has 0 aliphatic carbocycles. The minimum atomic E-state index is -0.589. The molecule has 4 nitrogen and oxygen atoms in total. The second kappa shape index (κ2) is 6.47. The van der Waals surface area contributed by atoms with Crippen LogP contribution in [-0.4, -0.2) is 17.6 Å². The van der Waals surface area contributed by atoms with E-state index in [2.05, 4.69) is 10.5 Å². The lowest BCUT2D eigenvalue weighted by molar-refractivity contribution is 0.305. The third-order valence-electron chi connectivity index (χ3n) is 3.06. The molecule has 0 aliphatic heterocycles. The number of hydrogen-bond acceptors (Lipinski definition) is 3. The van der Waals surface area contributed by atoms with Gasteiger partial charge >= 0.3 is 0 Å². The lowest BCUT2D eigenvalue weighted by Crippen LogP contribution is -2.34. The van der Waals surface area contributed by atoms with Gasteiger partial charge in [-0.2, -0.15) is 0 Å². The fourth-order valence-electron chi connectivity index (χ4n) is 1.55. The number of nitrogens with zero attached hydrogens (tertiary/aromatic N) is 1. The number of hydrogen-bond donors (Lipinski definition) is 3. The molecule has 0 amide bonds. The summed E-state index contributed by atoms with van der Waals surface area (Å²) in [6.07, 6.45) is 0.631. The van der Waals surface area contributed by atoms with Crippen molar-refractivity contribution in [2.45, 2.75) is 26.8 Å². The van der Waals surface area contributed by atoms with Crippen molar-refractivity contribution >= 4 is 5.84 Å². The van der Waals surface area contributed by atoms with Gasteiger partial charge < -0.3 is 16.3 Å². The Hall–Kier alpha value is -1.69. The van der Waals surface area contributed by atoms with E-state index in [0.717, 1.165) is 6.07 Å². The van der Waals surface area contributed by atoms with Gasteiger partial charge in [-0.15, -0.1) is 0 Å². The van der Waals surface area contributed by atoms with Gasteiger partial charge in [0.15, 0.2) is 0 Å². The molecule has 1 aromatic carbocycles. The van der Waals surface area contributed by atoms with Crippen molar-refractivity contribution in [2.24, 2.45) is 16.3 Å². The predicted molar refractivity (Wildman–Crippen MR) is 69.9 cm³/mol. The molecular formula is C13H19F2N3O. The summed E-state index contributed by atoms with van der Waals surface area (Å²) in [7, 11) is 0. The monoisotopic (exact) mass is 271 g/mol. The Morgan fingerprint density at radius 2 is 2.11 bits per heavy atom. The number of amidine groups is 1. The van der Waals surface area contributed by atoms with Crippen LogP contribution in [0.5, 0.6) is 0 Å². The molecule has 6 heteroatoms. The average Bonchev–Trinajstić information content (AvgIpc) is 2.35. The largest absolute Gasteiger partial charge is 0.409 e. The van der Waals surface area contributed by atoms with E-state index >= 15 is 0 Å². The highest BCUT2D eigenvalue weighted by atomic mass is 19.1. The predicted octanol–water partition coefficient (Wildman–Crippen LogP) is 2.22. The van der Waals surface area contributed by atoms with Gasteiger partial charge in [0.1, 0.15) is 17.5 Å². The van der Waals surface area contributed by atoms with Crippen LogP contribution in [0.15, 0.2) is 23.4 Å².